The molecule has 2 aromatic heterocycles. The number of furan rings is 1. The van der Waals surface area contributed by atoms with Crippen molar-refractivity contribution in [2.24, 2.45) is 7.05 Å². The van der Waals surface area contributed by atoms with E-state index in [0.29, 0.717) is 19.6 Å². The van der Waals surface area contributed by atoms with Crippen molar-refractivity contribution in [3.63, 3.8) is 0 Å². The smallest absolute Gasteiger partial charge is 0.282 e. The maximum Gasteiger partial charge on any atom is 0.282 e. The summed E-state index contributed by atoms with van der Waals surface area (Å²) in [5, 5.41) is 0. The van der Waals surface area contributed by atoms with Gasteiger partial charge in [-0.15, -0.1) is 0 Å². The molecule has 0 spiro atoms. The Morgan fingerprint density at radius 3 is 2.92 bits per heavy atom. The van der Waals surface area contributed by atoms with Crippen LogP contribution in [-0.4, -0.2) is 50.8 Å². The number of nitrogens with zero attached hydrogens (tertiary/aromatic N) is 4. The number of rotatable bonds is 3. The molecule has 0 bridgehead atoms. The number of hydrogen-bond donors (Lipinski definition) is 0. The van der Waals surface area contributed by atoms with Crippen LogP contribution in [0.15, 0.2) is 29.3 Å². The number of aryl methyl sites for hydroxylation is 1. The average Bonchev–Trinajstić information content (AvgIpc) is 3.14. The van der Waals surface area contributed by atoms with Gasteiger partial charge in [0.25, 0.3) is 5.92 Å². The summed E-state index contributed by atoms with van der Waals surface area (Å²) in [5.41, 5.74) is 2.67. The summed E-state index contributed by atoms with van der Waals surface area (Å²) in [6.07, 6.45) is 4.95. The van der Waals surface area contributed by atoms with E-state index in [4.69, 9.17) is 4.42 Å². The van der Waals surface area contributed by atoms with Gasteiger partial charge in [-0.25, -0.2) is 13.8 Å². The van der Waals surface area contributed by atoms with Gasteiger partial charge in [0.15, 0.2) is 0 Å². The third-order valence-electron chi connectivity index (χ3n) is 4.65. The summed E-state index contributed by atoms with van der Waals surface area (Å²) in [6.45, 7) is 0.765. The van der Waals surface area contributed by atoms with E-state index < -0.39 is 24.9 Å². The van der Waals surface area contributed by atoms with Crippen molar-refractivity contribution in [1.82, 2.24) is 19.4 Å². The largest absolute Gasteiger partial charge is 0.472 e. The Balaban J connectivity index is 1.57. The zero-order valence-corrected chi connectivity index (χ0v) is 13.3. The third-order valence-corrected chi connectivity index (χ3v) is 4.65. The van der Waals surface area contributed by atoms with Crippen LogP contribution in [0.1, 0.15) is 22.9 Å². The van der Waals surface area contributed by atoms with Gasteiger partial charge in [-0.2, -0.15) is 0 Å². The van der Waals surface area contributed by atoms with Crippen molar-refractivity contribution < 1.29 is 18.0 Å². The molecule has 2 aliphatic rings. The van der Waals surface area contributed by atoms with Crippen molar-refractivity contribution in [3.05, 3.63) is 41.9 Å². The first-order valence-electron chi connectivity index (χ1n) is 7.83. The number of hydrogen-bond acceptors (Lipinski definition) is 4. The fourth-order valence-corrected chi connectivity index (χ4v) is 3.52. The molecule has 1 fully saturated rings. The number of fused-ring (bicyclic) bond motifs is 1. The highest BCUT2D eigenvalue weighted by molar-refractivity contribution is 5.85. The Labute approximate surface area is 137 Å². The molecule has 0 saturated carbocycles. The van der Waals surface area contributed by atoms with Gasteiger partial charge >= 0.3 is 0 Å². The maximum absolute atomic E-state index is 13.1. The summed E-state index contributed by atoms with van der Waals surface area (Å²) >= 11 is 0. The third kappa shape index (κ3) is 2.60. The number of carbonyl (C=O) groups excluding carboxylic acids is 1. The number of likely N-dealkylation sites (tertiary alicyclic amines) is 1. The number of carbonyl (C=O) groups is 1. The van der Waals surface area contributed by atoms with E-state index >= 15 is 0 Å². The molecule has 1 atom stereocenters. The zero-order valence-electron chi connectivity index (χ0n) is 13.3. The second kappa shape index (κ2) is 5.41. The Morgan fingerprint density at radius 2 is 2.25 bits per heavy atom. The maximum atomic E-state index is 13.1. The van der Waals surface area contributed by atoms with Crippen LogP contribution >= 0.6 is 0 Å². The van der Waals surface area contributed by atoms with Crippen molar-refractivity contribution in [2.45, 2.75) is 24.9 Å². The highest BCUT2D eigenvalue weighted by Gasteiger charge is 2.49. The van der Waals surface area contributed by atoms with E-state index in [9.17, 15) is 13.6 Å². The lowest BCUT2D eigenvalue weighted by molar-refractivity contribution is -0.168. The molecule has 2 aromatic rings. The predicted molar refractivity (Wildman–Crippen MR) is 80.3 cm³/mol. The number of alkyl halides is 2. The highest BCUT2D eigenvalue weighted by atomic mass is 19.3. The minimum atomic E-state index is -2.75. The normalized spacial score (nSPS) is 23.0. The number of halogens is 2. The summed E-state index contributed by atoms with van der Waals surface area (Å²) in [6, 6.07) is 1.88. The molecule has 4 rings (SSSR count). The van der Waals surface area contributed by atoms with E-state index in [1.54, 1.807) is 18.9 Å². The minimum absolute atomic E-state index is 0.248. The molecule has 1 amide bonds. The first kappa shape index (κ1) is 15.3. The molecule has 2 aliphatic heterocycles. The molecule has 0 aromatic carbocycles. The van der Waals surface area contributed by atoms with Crippen molar-refractivity contribution in [3.8, 4) is 0 Å². The lowest BCUT2D eigenvalue weighted by atomic mass is 9.94. The van der Waals surface area contributed by atoms with E-state index in [0.717, 1.165) is 17.0 Å². The Kier molecular flexibility index (Phi) is 3.45. The fourth-order valence-electron chi connectivity index (χ4n) is 3.52. The molecule has 0 radical (unpaired) electrons. The minimum Gasteiger partial charge on any atom is -0.472 e. The molecular weight excluding hydrogens is 318 g/mol. The fraction of sp³-hybridized carbons (Fsp3) is 0.500. The summed E-state index contributed by atoms with van der Waals surface area (Å²) < 4.78 is 33.2. The van der Waals surface area contributed by atoms with Gasteiger partial charge in [-0.3, -0.25) is 9.69 Å². The number of amides is 1. The first-order valence-corrected chi connectivity index (χ1v) is 7.83. The van der Waals surface area contributed by atoms with E-state index in [2.05, 4.69) is 9.88 Å². The monoisotopic (exact) mass is 336 g/mol. The number of imidazole rings is 1. The van der Waals surface area contributed by atoms with Crippen LogP contribution in [-0.2, 0) is 24.9 Å². The molecule has 1 saturated heterocycles. The van der Waals surface area contributed by atoms with Crippen LogP contribution in [0.25, 0.3) is 0 Å². The Morgan fingerprint density at radius 1 is 1.46 bits per heavy atom. The van der Waals surface area contributed by atoms with Crippen LogP contribution in [0, 0.1) is 0 Å². The van der Waals surface area contributed by atoms with Crippen LogP contribution in [0.2, 0.25) is 0 Å². The van der Waals surface area contributed by atoms with Crippen LogP contribution in [0.4, 0.5) is 8.78 Å². The van der Waals surface area contributed by atoms with Gasteiger partial charge in [0.2, 0.25) is 5.91 Å². The van der Waals surface area contributed by atoms with Gasteiger partial charge in [-0.05, 0) is 6.07 Å². The molecule has 4 heterocycles. The molecule has 0 N–H and O–H groups in total. The average molecular weight is 336 g/mol. The molecule has 24 heavy (non-hydrogen) atoms. The lowest BCUT2D eigenvalue weighted by Crippen LogP contribution is -2.60. The molecule has 0 aliphatic carbocycles. The molecule has 128 valence electrons. The van der Waals surface area contributed by atoms with E-state index in [1.165, 1.54) is 4.90 Å². The van der Waals surface area contributed by atoms with E-state index in [1.807, 2.05) is 17.7 Å². The zero-order chi connectivity index (χ0) is 16.9. The van der Waals surface area contributed by atoms with Crippen molar-refractivity contribution in [2.75, 3.05) is 19.6 Å². The summed E-state index contributed by atoms with van der Waals surface area (Å²) in [4.78, 5) is 20.5. The number of aromatic nitrogens is 2. The van der Waals surface area contributed by atoms with E-state index in [-0.39, 0.29) is 5.91 Å². The van der Waals surface area contributed by atoms with Crippen LogP contribution in [0.3, 0.4) is 0 Å². The Bertz CT molecular complexity index is 748. The van der Waals surface area contributed by atoms with Gasteiger partial charge in [0, 0.05) is 32.2 Å². The molecular formula is C16H18F2N4O2. The standard InChI is InChI=1S/C16H18F2N4O2/c1-20-10-19-13-6-21(4-11-2-3-24-7-11)5-12(14(13)20)15(23)22-8-16(17,18)9-22/h2-3,7,10,12H,4-6,8-9H2,1H3/t12-/m1/s1. The van der Waals surface area contributed by atoms with Gasteiger partial charge < -0.3 is 13.9 Å². The van der Waals surface area contributed by atoms with Gasteiger partial charge in [0.05, 0.1) is 49.2 Å². The topological polar surface area (TPSA) is 54.5 Å². The van der Waals surface area contributed by atoms with Gasteiger partial charge in [-0.1, -0.05) is 0 Å². The molecule has 0 unspecified atom stereocenters. The van der Waals surface area contributed by atoms with Crippen LogP contribution < -0.4 is 0 Å². The SMILES string of the molecule is Cn1cnc2c1[C@H](C(=O)N1CC(F)(F)C1)CN(Cc1ccoc1)C2. The quantitative estimate of drug-likeness (QED) is 0.854. The predicted octanol–water partition coefficient (Wildman–Crippen LogP) is 1.59. The molecule has 6 nitrogen and oxygen atoms in total. The summed E-state index contributed by atoms with van der Waals surface area (Å²) in [7, 11) is 1.84. The second-order valence-electron chi connectivity index (χ2n) is 6.59. The molecule has 8 heteroatoms. The Hall–Kier alpha value is -2.22. The summed E-state index contributed by atoms with van der Waals surface area (Å²) in [5.74, 6) is -3.47. The first-order chi connectivity index (χ1) is 11.4. The second-order valence-corrected chi connectivity index (χ2v) is 6.59. The highest BCUT2D eigenvalue weighted by Crippen LogP contribution is 2.34. The van der Waals surface area contributed by atoms with Crippen molar-refractivity contribution >= 4 is 5.91 Å². The van der Waals surface area contributed by atoms with Crippen LogP contribution in [0.5, 0.6) is 0 Å². The van der Waals surface area contributed by atoms with Crippen molar-refractivity contribution in [1.29, 1.82) is 0 Å². The lowest BCUT2D eigenvalue weighted by Gasteiger charge is -2.42. The van der Waals surface area contributed by atoms with Gasteiger partial charge in [0.1, 0.15) is 0 Å².